The van der Waals surface area contributed by atoms with Crippen molar-refractivity contribution in [3.63, 3.8) is 0 Å². The van der Waals surface area contributed by atoms with E-state index in [0.717, 1.165) is 24.8 Å². The van der Waals surface area contributed by atoms with Gasteiger partial charge in [0.15, 0.2) is 0 Å². The van der Waals surface area contributed by atoms with Crippen molar-refractivity contribution in [2.75, 3.05) is 7.11 Å². The van der Waals surface area contributed by atoms with Crippen LogP contribution < -0.4 is 0 Å². The number of aryl methyl sites for hydroxylation is 1. The fraction of sp³-hybridized carbons (Fsp3) is 0.600. The minimum absolute atomic E-state index is 0.189. The van der Waals surface area contributed by atoms with Crippen LogP contribution in [-0.2, 0) is 10.3 Å². The summed E-state index contributed by atoms with van der Waals surface area (Å²) in [4.78, 5) is 0. The molecule has 17 heavy (non-hydrogen) atoms. The highest BCUT2D eigenvalue weighted by Gasteiger charge is 2.37. The van der Waals surface area contributed by atoms with Gasteiger partial charge in [-0.25, -0.2) is 0 Å². The summed E-state index contributed by atoms with van der Waals surface area (Å²) in [6.07, 6.45) is 3.84. The van der Waals surface area contributed by atoms with Crippen LogP contribution in [0, 0.1) is 13.8 Å². The van der Waals surface area contributed by atoms with E-state index in [0.29, 0.717) is 6.42 Å². The number of rotatable bonds is 2. The minimum Gasteiger partial charge on any atom is -0.385 e. The Kier molecular flexibility index (Phi) is 3.55. The van der Waals surface area contributed by atoms with E-state index >= 15 is 0 Å². The Morgan fingerprint density at radius 3 is 2.82 bits per heavy atom. The molecule has 1 aliphatic carbocycles. The van der Waals surface area contributed by atoms with Crippen molar-refractivity contribution in [2.24, 2.45) is 0 Å². The lowest BCUT2D eigenvalue weighted by molar-refractivity contribution is -0.0635. The van der Waals surface area contributed by atoms with Gasteiger partial charge in [-0.3, -0.25) is 0 Å². The number of aliphatic hydroxyl groups is 1. The predicted molar refractivity (Wildman–Crippen MR) is 69.1 cm³/mol. The SMILES string of the molecule is COC1CCCC(O)(c2cccc(C)c2C)C1. The van der Waals surface area contributed by atoms with E-state index in [1.165, 1.54) is 11.1 Å². The van der Waals surface area contributed by atoms with Crippen LogP contribution in [-0.4, -0.2) is 18.3 Å². The molecule has 94 valence electrons. The maximum atomic E-state index is 10.9. The third-order valence-electron chi connectivity index (χ3n) is 4.12. The number of ether oxygens (including phenoxy) is 1. The zero-order valence-electron chi connectivity index (χ0n) is 11.0. The molecule has 0 bridgehead atoms. The largest absolute Gasteiger partial charge is 0.385 e. The zero-order valence-corrected chi connectivity index (χ0v) is 11.0. The lowest BCUT2D eigenvalue weighted by atomic mass is 9.76. The number of methoxy groups -OCH3 is 1. The van der Waals surface area contributed by atoms with Crippen LogP contribution in [0.5, 0.6) is 0 Å². The van der Waals surface area contributed by atoms with Gasteiger partial charge in [-0.05, 0) is 49.8 Å². The van der Waals surface area contributed by atoms with E-state index in [-0.39, 0.29) is 6.10 Å². The molecule has 2 rings (SSSR count). The van der Waals surface area contributed by atoms with E-state index < -0.39 is 5.60 Å². The van der Waals surface area contributed by atoms with Gasteiger partial charge in [-0.2, -0.15) is 0 Å². The van der Waals surface area contributed by atoms with Crippen LogP contribution in [0.3, 0.4) is 0 Å². The van der Waals surface area contributed by atoms with Crippen molar-refractivity contribution in [1.82, 2.24) is 0 Å². The van der Waals surface area contributed by atoms with Crippen molar-refractivity contribution in [3.8, 4) is 0 Å². The minimum atomic E-state index is -0.699. The molecular formula is C15H22O2. The maximum absolute atomic E-state index is 10.9. The Morgan fingerprint density at radius 2 is 2.12 bits per heavy atom. The molecule has 0 spiro atoms. The Hall–Kier alpha value is -0.860. The fourth-order valence-corrected chi connectivity index (χ4v) is 2.90. The quantitative estimate of drug-likeness (QED) is 0.852. The number of hydrogen-bond donors (Lipinski definition) is 1. The first kappa shape index (κ1) is 12.6. The second-order valence-electron chi connectivity index (χ2n) is 5.23. The van der Waals surface area contributed by atoms with Gasteiger partial charge in [0.2, 0.25) is 0 Å². The van der Waals surface area contributed by atoms with Crippen molar-refractivity contribution < 1.29 is 9.84 Å². The Bertz CT molecular complexity index is 400. The monoisotopic (exact) mass is 234 g/mol. The molecule has 0 amide bonds. The molecule has 1 fully saturated rings. The standard InChI is InChI=1S/C15H22O2/c1-11-6-4-8-14(12(11)2)15(16)9-5-7-13(10-15)17-3/h4,6,8,13,16H,5,7,9-10H2,1-3H3. The Morgan fingerprint density at radius 1 is 1.35 bits per heavy atom. The van der Waals surface area contributed by atoms with Crippen molar-refractivity contribution in [3.05, 3.63) is 34.9 Å². The van der Waals surface area contributed by atoms with E-state index in [4.69, 9.17) is 4.74 Å². The summed E-state index contributed by atoms with van der Waals surface area (Å²) >= 11 is 0. The lowest BCUT2D eigenvalue weighted by Crippen LogP contribution is -2.36. The van der Waals surface area contributed by atoms with Crippen LogP contribution >= 0.6 is 0 Å². The summed E-state index contributed by atoms with van der Waals surface area (Å²) < 4.78 is 5.42. The van der Waals surface area contributed by atoms with E-state index in [1.54, 1.807) is 7.11 Å². The highest BCUT2D eigenvalue weighted by molar-refractivity contribution is 5.37. The van der Waals surface area contributed by atoms with Crippen LogP contribution in [0.2, 0.25) is 0 Å². The first-order valence-corrected chi connectivity index (χ1v) is 6.39. The maximum Gasteiger partial charge on any atom is 0.0923 e. The van der Waals surface area contributed by atoms with Gasteiger partial charge in [0, 0.05) is 13.5 Å². The molecule has 0 radical (unpaired) electrons. The summed E-state index contributed by atoms with van der Waals surface area (Å²) in [7, 11) is 1.74. The number of hydrogen-bond acceptors (Lipinski definition) is 2. The average Bonchev–Trinajstić information content (AvgIpc) is 2.32. The molecule has 1 aliphatic rings. The molecule has 2 unspecified atom stereocenters. The third-order valence-corrected chi connectivity index (χ3v) is 4.12. The van der Waals surface area contributed by atoms with Gasteiger partial charge in [0.05, 0.1) is 11.7 Å². The van der Waals surface area contributed by atoms with Gasteiger partial charge >= 0.3 is 0 Å². The first-order valence-electron chi connectivity index (χ1n) is 6.39. The second-order valence-corrected chi connectivity index (χ2v) is 5.23. The molecule has 0 heterocycles. The molecule has 2 atom stereocenters. The molecule has 1 saturated carbocycles. The molecule has 1 aromatic rings. The van der Waals surface area contributed by atoms with Crippen LogP contribution in [0.4, 0.5) is 0 Å². The van der Waals surface area contributed by atoms with Crippen LogP contribution in [0.15, 0.2) is 18.2 Å². The van der Waals surface area contributed by atoms with Gasteiger partial charge in [-0.1, -0.05) is 18.2 Å². The Labute approximate surface area is 104 Å². The molecule has 2 nitrogen and oxygen atoms in total. The predicted octanol–water partition coefficient (Wildman–Crippen LogP) is 3.08. The second kappa shape index (κ2) is 4.79. The summed E-state index contributed by atoms with van der Waals surface area (Å²) in [5.41, 5.74) is 2.84. The topological polar surface area (TPSA) is 29.5 Å². The molecule has 2 heteroatoms. The molecule has 0 saturated heterocycles. The van der Waals surface area contributed by atoms with Gasteiger partial charge in [0.1, 0.15) is 0 Å². The summed E-state index contributed by atoms with van der Waals surface area (Å²) in [6.45, 7) is 4.19. The van der Waals surface area contributed by atoms with E-state index in [9.17, 15) is 5.11 Å². The van der Waals surface area contributed by atoms with Gasteiger partial charge < -0.3 is 9.84 Å². The van der Waals surface area contributed by atoms with Gasteiger partial charge in [0.25, 0.3) is 0 Å². The van der Waals surface area contributed by atoms with Crippen LogP contribution in [0.1, 0.15) is 42.4 Å². The molecular weight excluding hydrogens is 212 g/mol. The molecule has 0 aliphatic heterocycles. The summed E-state index contributed by atoms with van der Waals surface area (Å²) in [6, 6.07) is 6.19. The fourth-order valence-electron chi connectivity index (χ4n) is 2.90. The Balaban J connectivity index is 2.33. The zero-order chi connectivity index (χ0) is 12.5. The summed E-state index contributed by atoms with van der Waals surface area (Å²) in [5, 5.41) is 10.9. The first-order chi connectivity index (χ1) is 8.07. The van der Waals surface area contributed by atoms with Crippen molar-refractivity contribution >= 4 is 0 Å². The lowest BCUT2D eigenvalue weighted by Gasteiger charge is -2.37. The van der Waals surface area contributed by atoms with Gasteiger partial charge in [-0.15, -0.1) is 0 Å². The molecule has 0 aromatic heterocycles. The molecule has 1 aromatic carbocycles. The van der Waals surface area contributed by atoms with E-state index in [2.05, 4.69) is 26.0 Å². The van der Waals surface area contributed by atoms with Crippen LogP contribution in [0.25, 0.3) is 0 Å². The van der Waals surface area contributed by atoms with Crippen molar-refractivity contribution in [2.45, 2.75) is 51.2 Å². The van der Waals surface area contributed by atoms with E-state index in [1.807, 2.05) is 6.07 Å². The average molecular weight is 234 g/mol. The summed E-state index contributed by atoms with van der Waals surface area (Å²) in [5.74, 6) is 0. The highest BCUT2D eigenvalue weighted by atomic mass is 16.5. The highest BCUT2D eigenvalue weighted by Crippen LogP contribution is 2.39. The normalized spacial score (nSPS) is 29.3. The third kappa shape index (κ3) is 2.38. The van der Waals surface area contributed by atoms with Crippen molar-refractivity contribution in [1.29, 1.82) is 0 Å². The smallest absolute Gasteiger partial charge is 0.0923 e. The number of benzene rings is 1. The molecule has 1 N–H and O–H groups in total.